The zero-order valence-corrected chi connectivity index (χ0v) is 12.4. The summed E-state index contributed by atoms with van der Waals surface area (Å²) in [6.07, 6.45) is 4.76. The van der Waals surface area contributed by atoms with Crippen molar-refractivity contribution in [3.05, 3.63) is 11.7 Å². The number of hydrogen-bond donors (Lipinski definition) is 0. The summed E-state index contributed by atoms with van der Waals surface area (Å²) >= 11 is 2.10. The Hall–Kier alpha value is -0.550. The number of rotatable bonds is 6. The molecule has 0 radical (unpaired) electrons. The molecule has 1 saturated carbocycles. The Kier molecular flexibility index (Phi) is 5.06. The summed E-state index contributed by atoms with van der Waals surface area (Å²) in [5.74, 6) is 2.79. The first-order valence-electron chi connectivity index (χ1n) is 6.86. The fourth-order valence-electron chi connectivity index (χ4n) is 2.55. The van der Waals surface area contributed by atoms with Crippen LogP contribution in [0, 0.1) is 0 Å². The smallest absolute Gasteiger partial charge is 0.226 e. The van der Waals surface area contributed by atoms with E-state index < -0.39 is 0 Å². The van der Waals surface area contributed by atoms with Crippen LogP contribution in [-0.2, 0) is 13.0 Å². The maximum Gasteiger partial charge on any atom is 0.226 e. The molecule has 0 spiro atoms. The summed E-state index contributed by atoms with van der Waals surface area (Å²) in [6, 6.07) is 0.678. The molecule has 18 heavy (non-hydrogen) atoms. The van der Waals surface area contributed by atoms with Crippen LogP contribution < -0.4 is 0 Å². The lowest BCUT2D eigenvalue weighted by molar-refractivity contribution is 0.228. The number of nitrogens with zero attached hydrogens (tertiary/aromatic N) is 3. The first kappa shape index (κ1) is 13.9. The average Bonchev–Trinajstić information content (AvgIpc) is 2.98. The van der Waals surface area contributed by atoms with Crippen molar-refractivity contribution in [2.75, 3.05) is 12.8 Å². The Labute approximate surface area is 114 Å². The van der Waals surface area contributed by atoms with Crippen molar-refractivity contribution < 1.29 is 4.52 Å². The third kappa shape index (κ3) is 3.48. The molecule has 1 aromatic rings. The molecule has 0 aliphatic heterocycles. The second kappa shape index (κ2) is 6.57. The van der Waals surface area contributed by atoms with Gasteiger partial charge in [-0.25, -0.2) is 0 Å². The van der Waals surface area contributed by atoms with Crippen molar-refractivity contribution in [2.24, 2.45) is 0 Å². The molecule has 0 unspecified atom stereocenters. The van der Waals surface area contributed by atoms with Crippen molar-refractivity contribution in [3.8, 4) is 0 Å². The van der Waals surface area contributed by atoms with Gasteiger partial charge in [-0.05, 0) is 32.1 Å². The SMILES string of the molecule is CCS[C@H]1CC[C@@H](N(C)Cc2noc(CC)n2)C1. The highest BCUT2D eigenvalue weighted by molar-refractivity contribution is 7.99. The summed E-state index contributed by atoms with van der Waals surface area (Å²) in [5.41, 5.74) is 0. The molecule has 1 aromatic heterocycles. The fourth-order valence-corrected chi connectivity index (χ4v) is 3.69. The van der Waals surface area contributed by atoms with Gasteiger partial charge in [0.05, 0.1) is 6.54 Å². The van der Waals surface area contributed by atoms with Gasteiger partial charge in [0.2, 0.25) is 5.89 Å². The summed E-state index contributed by atoms with van der Waals surface area (Å²) in [4.78, 5) is 6.75. The standard InChI is InChI=1S/C13H23N3OS/c1-4-13-14-12(15-17-13)9-16(3)10-6-7-11(8-10)18-5-2/h10-11H,4-9H2,1-3H3/t10-,11+/m1/s1. The number of aryl methyl sites for hydroxylation is 1. The van der Waals surface area contributed by atoms with Gasteiger partial charge < -0.3 is 4.52 Å². The third-order valence-corrected chi connectivity index (χ3v) is 4.82. The lowest BCUT2D eigenvalue weighted by Crippen LogP contribution is -2.29. The van der Waals surface area contributed by atoms with E-state index in [4.69, 9.17) is 4.52 Å². The van der Waals surface area contributed by atoms with Gasteiger partial charge in [0.15, 0.2) is 5.82 Å². The van der Waals surface area contributed by atoms with E-state index in [9.17, 15) is 0 Å². The molecule has 2 atom stereocenters. The summed E-state index contributed by atoms with van der Waals surface area (Å²) in [5, 5.41) is 4.87. The van der Waals surface area contributed by atoms with E-state index in [-0.39, 0.29) is 0 Å². The van der Waals surface area contributed by atoms with Gasteiger partial charge in [-0.15, -0.1) is 0 Å². The Morgan fingerprint density at radius 3 is 2.89 bits per heavy atom. The van der Waals surface area contributed by atoms with Crippen LogP contribution in [0.3, 0.4) is 0 Å². The predicted octanol–water partition coefficient (Wildman–Crippen LogP) is 2.74. The van der Waals surface area contributed by atoms with Crippen molar-refractivity contribution in [1.82, 2.24) is 15.0 Å². The molecule has 2 rings (SSSR count). The van der Waals surface area contributed by atoms with Crippen LogP contribution in [0.15, 0.2) is 4.52 Å². The van der Waals surface area contributed by atoms with E-state index in [1.54, 1.807) is 0 Å². The molecule has 1 aliphatic rings. The lowest BCUT2D eigenvalue weighted by Gasteiger charge is -2.22. The third-order valence-electron chi connectivity index (χ3n) is 3.59. The van der Waals surface area contributed by atoms with Gasteiger partial charge in [0.1, 0.15) is 0 Å². The number of thioether (sulfide) groups is 1. The van der Waals surface area contributed by atoms with E-state index in [1.807, 2.05) is 6.92 Å². The minimum absolute atomic E-state index is 0.678. The van der Waals surface area contributed by atoms with E-state index in [2.05, 4.69) is 40.8 Å². The summed E-state index contributed by atoms with van der Waals surface area (Å²) in [7, 11) is 2.17. The van der Waals surface area contributed by atoms with E-state index in [0.717, 1.165) is 29.9 Å². The number of hydrogen-bond acceptors (Lipinski definition) is 5. The molecule has 0 N–H and O–H groups in total. The molecule has 4 nitrogen and oxygen atoms in total. The van der Waals surface area contributed by atoms with Gasteiger partial charge >= 0.3 is 0 Å². The summed E-state index contributed by atoms with van der Waals surface area (Å²) < 4.78 is 5.15. The van der Waals surface area contributed by atoms with Crippen molar-refractivity contribution >= 4 is 11.8 Å². The molecule has 0 aromatic carbocycles. The second-order valence-electron chi connectivity index (χ2n) is 4.92. The molecule has 5 heteroatoms. The van der Waals surface area contributed by atoms with E-state index in [0.29, 0.717) is 6.04 Å². The molecular weight excluding hydrogens is 246 g/mol. The van der Waals surface area contributed by atoms with Crippen LogP contribution in [0.25, 0.3) is 0 Å². The van der Waals surface area contributed by atoms with Crippen molar-refractivity contribution in [3.63, 3.8) is 0 Å². The monoisotopic (exact) mass is 269 g/mol. The topological polar surface area (TPSA) is 42.2 Å². The molecular formula is C13H23N3OS. The molecule has 1 aliphatic carbocycles. The lowest BCUT2D eigenvalue weighted by atomic mass is 10.2. The Bertz CT molecular complexity index is 369. The van der Waals surface area contributed by atoms with Crippen LogP contribution in [0.4, 0.5) is 0 Å². The van der Waals surface area contributed by atoms with E-state index >= 15 is 0 Å². The Balaban J connectivity index is 1.83. The minimum atomic E-state index is 0.678. The molecule has 1 heterocycles. The van der Waals surface area contributed by atoms with Crippen molar-refractivity contribution in [1.29, 1.82) is 0 Å². The quantitative estimate of drug-likeness (QED) is 0.794. The maximum atomic E-state index is 5.15. The van der Waals surface area contributed by atoms with Crippen LogP contribution in [-0.4, -0.2) is 39.1 Å². The zero-order valence-electron chi connectivity index (χ0n) is 11.6. The average molecular weight is 269 g/mol. The molecule has 0 amide bonds. The zero-order chi connectivity index (χ0) is 13.0. The molecule has 102 valence electrons. The van der Waals surface area contributed by atoms with E-state index in [1.165, 1.54) is 25.0 Å². The van der Waals surface area contributed by atoms with Gasteiger partial charge in [-0.3, -0.25) is 4.90 Å². The highest BCUT2D eigenvalue weighted by Gasteiger charge is 2.27. The normalized spacial score (nSPS) is 24.0. The predicted molar refractivity (Wildman–Crippen MR) is 74.7 cm³/mol. The molecule has 1 fully saturated rings. The molecule has 0 saturated heterocycles. The first-order chi connectivity index (χ1) is 8.72. The fraction of sp³-hybridized carbons (Fsp3) is 0.846. The largest absolute Gasteiger partial charge is 0.339 e. The molecule has 0 bridgehead atoms. The summed E-state index contributed by atoms with van der Waals surface area (Å²) in [6.45, 7) is 5.08. The van der Waals surface area contributed by atoms with Gasteiger partial charge in [0.25, 0.3) is 0 Å². The minimum Gasteiger partial charge on any atom is -0.339 e. The van der Waals surface area contributed by atoms with Gasteiger partial charge in [-0.1, -0.05) is 19.0 Å². The van der Waals surface area contributed by atoms with Crippen LogP contribution in [0.1, 0.15) is 44.8 Å². The highest BCUT2D eigenvalue weighted by atomic mass is 32.2. The first-order valence-corrected chi connectivity index (χ1v) is 7.91. The second-order valence-corrected chi connectivity index (χ2v) is 6.49. The van der Waals surface area contributed by atoms with Gasteiger partial charge in [-0.2, -0.15) is 16.7 Å². The van der Waals surface area contributed by atoms with Crippen molar-refractivity contribution in [2.45, 2.75) is 57.4 Å². The Morgan fingerprint density at radius 2 is 2.22 bits per heavy atom. The van der Waals surface area contributed by atoms with Crippen LogP contribution >= 0.6 is 11.8 Å². The number of aromatic nitrogens is 2. The Morgan fingerprint density at radius 1 is 1.39 bits per heavy atom. The van der Waals surface area contributed by atoms with Gasteiger partial charge in [0, 0.05) is 17.7 Å². The van der Waals surface area contributed by atoms with Crippen LogP contribution in [0.5, 0.6) is 0 Å². The highest BCUT2D eigenvalue weighted by Crippen LogP contribution is 2.32. The maximum absolute atomic E-state index is 5.15. The van der Waals surface area contributed by atoms with Crippen LogP contribution in [0.2, 0.25) is 0 Å².